The molecular weight excluding hydrogens is 470 g/mol. The van der Waals surface area contributed by atoms with Crippen LogP contribution in [-0.4, -0.2) is 51.8 Å². The molecule has 1 aromatic carbocycles. The van der Waals surface area contributed by atoms with E-state index in [4.69, 9.17) is 0 Å². The number of allylic oxidation sites excluding steroid dienone is 8. The van der Waals surface area contributed by atoms with Gasteiger partial charge in [-0.1, -0.05) is 60.3 Å². The van der Waals surface area contributed by atoms with Crippen molar-refractivity contribution in [1.82, 2.24) is 23.9 Å². The lowest BCUT2D eigenvalue weighted by molar-refractivity contribution is 0.622. The number of aromatic nitrogens is 1. The second-order valence-electron chi connectivity index (χ2n) is 9.72. The van der Waals surface area contributed by atoms with E-state index in [1.807, 2.05) is 23.7 Å². The van der Waals surface area contributed by atoms with Crippen LogP contribution in [0.3, 0.4) is 0 Å². The first-order valence-corrected chi connectivity index (χ1v) is 13.5. The minimum absolute atomic E-state index is 0.0430. The van der Waals surface area contributed by atoms with Crippen molar-refractivity contribution in [2.75, 3.05) is 0 Å². The second kappa shape index (κ2) is 8.25. The molecule has 10 heteroatoms. The Morgan fingerprint density at radius 3 is 2.00 bits per heavy atom. The SMILES string of the molecule is C1=CB2N(C=C1)B1C=CC=CN1B1C=C(c3cccc4c3sc3cnccc34)C=CN1B1C=CC=CN21. The molecule has 0 radical (unpaired) electrons. The molecule has 172 valence electrons. The van der Waals surface area contributed by atoms with E-state index in [0.29, 0.717) is 0 Å². The highest BCUT2D eigenvalue weighted by Gasteiger charge is 2.49. The number of benzene rings is 1. The van der Waals surface area contributed by atoms with Gasteiger partial charge in [0.1, 0.15) is 0 Å². The van der Waals surface area contributed by atoms with Crippen LogP contribution in [-0.2, 0) is 0 Å². The van der Waals surface area contributed by atoms with Gasteiger partial charge in [-0.2, -0.15) is 0 Å². The number of rotatable bonds is 1. The molecule has 0 amide bonds. The highest BCUT2D eigenvalue weighted by Crippen LogP contribution is 2.39. The first kappa shape index (κ1) is 21.1. The van der Waals surface area contributed by atoms with E-state index in [2.05, 4.69) is 139 Å². The number of hydrogen-bond donors (Lipinski definition) is 0. The molecule has 1 fully saturated rings. The highest BCUT2D eigenvalue weighted by molar-refractivity contribution is 7.26. The maximum Gasteiger partial charge on any atom is 0.381 e. The lowest BCUT2D eigenvalue weighted by Gasteiger charge is -2.53. The third-order valence-corrected chi connectivity index (χ3v) is 8.96. The summed E-state index contributed by atoms with van der Waals surface area (Å²) < 4.78 is 12.4. The molecule has 5 aliphatic heterocycles. The number of thiophene rings is 1. The summed E-state index contributed by atoms with van der Waals surface area (Å²) >= 11 is 1.83. The smallest absolute Gasteiger partial charge is 0.381 e. The van der Waals surface area contributed by atoms with E-state index in [1.165, 1.54) is 31.3 Å². The molecule has 0 N–H and O–H groups in total. The molecule has 3 aromatic rings. The summed E-state index contributed by atoms with van der Waals surface area (Å²) in [6.07, 6.45) is 28.0. The fourth-order valence-corrected chi connectivity index (χ4v) is 7.30. The van der Waals surface area contributed by atoms with Gasteiger partial charge in [0.2, 0.25) is 0 Å². The maximum absolute atomic E-state index is 4.36. The van der Waals surface area contributed by atoms with Crippen LogP contribution in [0.5, 0.6) is 0 Å². The predicted octanol–water partition coefficient (Wildman–Crippen LogP) is 4.94. The van der Waals surface area contributed by atoms with Crippen molar-refractivity contribution in [3.8, 4) is 0 Å². The Hall–Kier alpha value is -4.03. The summed E-state index contributed by atoms with van der Waals surface area (Å²) in [5, 5.41) is 2.58. The first-order chi connectivity index (χ1) is 18.4. The van der Waals surface area contributed by atoms with Gasteiger partial charge in [0.15, 0.2) is 0 Å². The van der Waals surface area contributed by atoms with Gasteiger partial charge in [0.25, 0.3) is 0 Å². The molecule has 0 saturated carbocycles. The van der Waals surface area contributed by atoms with Crippen LogP contribution in [0, 0.1) is 0 Å². The minimum Gasteiger partial charge on any atom is -0.423 e. The second-order valence-corrected chi connectivity index (χ2v) is 10.8. The lowest BCUT2D eigenvalue weighted by Crippen LogP contribution is -2.73. The van der Waals surface area contributed by atoms with Gasteiger partial charge in [-0.25, -0.2) is 0 Å². The summed E-state index contributed by atoms with van der Waals surface area (Å²) in [6.45, 7) is 0.361. The average molecular weight is 491 g/mol. The van der Waals surface area contributed by atoms with Gasteiger partial charge in [0, 0.05) is 27.9 Å². The largest absolute Gasteiger partial charge is 0.423 e. The lowest BCUT2D eigenvalue weighted by atomic mass is 9.41. The van der Waals surface area contributed by atoms with Crippen molar-refractivity contribution in [2.45, 2.75) is 0 Å². The maximum atomic E-state index is 4.36. The molecule has 5 nitrogen and oxygen atoms in total. The Morgan fingerprint density at radius 2 is 1.30 bits per heavy atom. The molecule has 0 atom stereocenters. The number of pyridine rings is 1. The van der Waals surface area contributed by atoms with Crippen LogP contribution in [0.15, 0.2) is 128 Å². The molecule has 7 heterocycles. The van der Waals surface area contributed by atoms with E-state index in [-0.39, 0.29) is 27.9 Å². The third-order valence-electron chi connectivity index (χ3n) is 7.77. The Labute approximate surface area is 221 Å². The van der Waals surface area contributed by atoms with Crippen molar-refractivity contribution in [2.24, 2.45) is 0 Å². The van der Waals surface area contributed by atoms with Gasteiger partial charge in [0.05, 0.1) is 4.70 Å². The molecule has 2 aromatic heterocycles. The predicted molar refractivity (Wildman–Crippen MR) is 159 cm³/mol. The zero-order valence-electron chi connectivity index (χ0n) is 20.1. The molecule has 0 unspecified atom stereocenters. The van der Waals surface area contributed by atoms with Crippen molar-refractivity contribution < 1.29 is 0 Å². The standard InChI is InChI=1S/C27H21B4N5S/c1-4-16-33-28(12-1)34-17-5-2-14-30(34)36-19-11-22(20-31(36)35-18-6-3-13-29(33)35)23-8-7-9-25-24-10-15-32-21-26(24)37-27(23)25/h1-21H. The van der Waals surface area contributed by atoms with Crippen LogP contribution >= 0.6 is 11.3 Å². The van der Waals surface area contributed by atoms with Gasteiger partial charge >= 0.3 is 27.9 Å². The normalized spacial score (nSPS) is 19.4. The highest BCUT2D eigenvalue weighted by atomic mass is 32.1. The Morgan fingerprint density at radius 1 is 0.649 bits per heavy atom. The zero-order chi connectivity index (χ0) is 24.3. The number of nitrogens with zero attached hydrogens (tertiary/aromatic N) is 5. The molecule has 0 spiro atoms. The summed E-state index contributed by atoms with van der Waals surface area (Å²) in [6, 6.07) is 8.80. The Bertz CT molecular complexity index is 1640. The molecular formula is C27H21B4N5S. The molecule has 37 heavy (non-hydrogen) atoms. The summed E-state index contributed by atoms with van der Waals surface area (Å²) in [5.74, 6) is 9.31. The van der Waals surface area contributed by atoms with Crippen molar-refractivity contribution in [3.05, 3.63) is 133 Å². The van der Waals surface area contributed by atoms with E-state index in [0.717, 1.165) is 0 Å². The Balaban J connectivity index is 1.29. The minimum atomic E-state index is 0.0430. The number of fused-ring (bicyclic) bond motifs is 11. The van der Waals surface area contributed by atoms with Crippen LogP contribution in [0.2, 0.25) is 0 Å². The Kier molecular flexibility index (Phi) is 4.70. The average Bonchev–Trinajstić information content (AvgIpc) is 3.35. The number of hydrogen-bond acceptors (Lipinski definition) is 6. The fraction of sp³-hybridized carbons (Fsp3) is 0. The summed E-state index contributed by atoms with van der Waals surface area (Å²) in [5.41, 5.74) is 2.53. The zero-order valence-corrected chi connectivity index (χ0v) is 20.9. The van der Waals surface area contributed by atoms with Crippen LogP contribution in [0.25, 0.3) is 25.7 Å². The van der Waals surface area contributed by atoms with Crippen LogP contribution in [0.4, 0.5) is 0 Å². The van der Waals surface area contributed by atoms with Gasteiger partial charge in [-0.05, 0) is 66.3 Å². The molecule has 8 rings (SSSR count). The van der Waals surface area contributed by atoms with Gasteiger partial charge < -0.3 is 18.9 Å². The quantitative estimate of drug-likeness (QED) is 0.450. The van der Waals surface area contributed by atoms with E-state index in [9.17, 15) is 0 Å². The van der Waals surface area contributed by atoms with Crippen molar-refractivity contribution in [1.29, 1.82) is 0 Å². The van der Waals surface area contributed by atoms with Crippen LogP contribution in [0.1, 0.15) is 5.56 Å². The molecule has 1 saturated heterocycles. The summed E-state index contributed by atoms with van der Waals surface area (Å²) in [4.78, 5) is 4.36. The fourth-order valence-electron chi connectivity index (χ4n) is 6.10. The third kappa shape index (κ3) is 3.18. The topological polar surface area (TPSA) is 25.9 Å². The van der Waals surface area contributed by atoms with E-state index >= 15 is 0 Å². The molecule has 0 bridgehead atoms. The van der Waals surface area contributed by atoms with Gasteiger partial charge in [-0.15, -0.1) is 11.3 Å². The van der Waals surface area contributed by atoms with Crippen LogP contribution < -0.4 is 0 Å². The first-order valence-electron chi connectivity index (χ1n) is 12.7. The van der Waals surface area contributed by atoms with Crippen molar-refractivity contribution in [3.63, 3.8) is 0 Å². The van der Waals surface area contributed by atoms with Gasteiger partial charge in [-0.3, -0.25) is 4.98 Å². The summed E-state index contributed by atoms with van der Waals surface area (Å²) in [7, 11) is 0. The van der Waals surface area contributed by atoms with Crippen molar-refractivity contribution >= 4 is 65.0 Å². The molecule has 5 aliphatic rings. The monoisotopic (exact) mass is 491 g/mol. The van der Waals surface area contributed by atoms with E-state index < -0.39 is 0 Å². The molecule has 0 aliphatic carbocycles. The van der Waals surface area contributed by atoms with E-state index in [1.54, 1.807) is 0 Å².